The first kappa shape index (κ1) is 40.9. The molecule has 4 nitrogen and oxygen atoms in total. The molecule has 0 spiro atoms. The second kappa shape index (κ2) is 22.3. The monoisotopic (exact) mass is 748 g/mol. The highest BCUT2D eigenvalue weighted by Gasteiger charge is 2.08. The van der Waals surface area contributed by atoms with Crippen LogP contribution < -0.4 is 22.1 Å². The number of allylic oxidation sites excluding steroid dienone is 1. The average molecular weight is 750 g/mol. The summed E-state index contributed by atoms with van der Waals surface area (Å²) in [5.41, 5.74) is 17.0. The lowest BCUT2D eigenvalue weighted by atomic mass is 10.00. The molecule has 0 radical (unpaired) electrons. The maximum atomic E-state index is 5.87. The van der Waals surface area contributed by atoms with Crippen LogP contribution in [0.2, 0.25) is 0 Å². The molecule has 0 heterocycles. The van der Waals surface area contributed by atoms with Crippen LogP contribution in [0, 0.1) is 24.2 Å². The fourth-order valence-corrected chi connectivity index (χ4v) is 5.67. The highest BCUT2D eigenvalue weighted by atomic mass is 79.9. The minimum Gasteiger partial charge on any atom is -0.398 e. The highest BCUT2D eigenvalue weighted by Crippen LogP contribution is 2.25. The molecule has 0 bridgehead atoms. The first-order valence-electron chi connectivity index (χ1n) is 16.9. The van der Waals surface area contributed by atoms with E-state index in [1.165, 1.54) is 32.7 Å². The van der Waals surface area contributed by atoms with E-state index in [1.807, 2.05) is 59.6 Å². The van der Waals surface area contributed by atoms with Gasteiger partial charge in [0.15, 0.2) is 0 Å². The van der Waals surface area contributed by atoms with E-state index in [2.05, 4.69) is 149 Å². The Morgan fingerprint density at radius 2 is 1.06 bits per heavy atom. The molecule has 2 atom stereocenters. The zero-order valence-electron chi connectivity index (χ0n) is 29.2. The van der Waals surface area contributed by atoms with Crippen LogP contribution in [0.3, 0.4) is 0 Å². The minimum atomic E-state index is 0. The number of anilines is 2. The quantitative estimate of drug-likeness (QED) is 0.0923. The van der Waals surface area contributed by atoms with Crippen LogP contribution in [0.5, 0.6) is 0 Å². The molecule has 6 rings (SSSR count). The van der Waals surface area contributed by atoms with Gasteiger partial charge in [-0.05, 0) is 81.8 Å². The van der Waals surface area contributed by atoms with Crippen LogP contribution in [0.25, 0.3) is 21.5 Å². The molecule has 0 aliphatic heterocycles. The summed E-state index contributed by atoms with van der Waals surface area (Å²) in [5.74, 6) is 8.57. The summed E-state index contributed by atoms with van der Waals surface area (Å²) in [7, 11) is 0. The lowest BCUT2D eigenvalue weighted by Crippen LogP contribution is -2.18. The van der Waals surface area contributed by atoms with E-state index in [0.717, 1.165) is 24.2 Å². The van der Waals surface area contributed by atoms with Gasteiger partial charge in [0.05, 0.1) is 0 Å². The molecular formula is C47H49BrN4. The van der Waals surface area contributed by atoms with Gasteiger partial charge in [-0.2, -0.15) is 0 Å². The Hall–Kier alpha value is -5.56. The Morgan fingerprint density at radius 1 is 0.615 bits per heavy atom. The van der Waals surface area contributed by atoms with Gasteiger partial charge < -0.3 is 22.1 Å². The fourth-order valence-electron chi connectivity index (χ4n) is 5.49. The van der Waals surface area contributed by atoms with E-state index in [4.69, 9.17) is 17.9 Å². The summed E-state index contributed by atoms with van der Waals surface area (Å²) in [4.78, 5) is 1.88. The summed E-state index contributed by atoms with van der Waals surface area (Å²) >= 11 is 3.27. The number of rotatable bonds is 8. The second-order valence-electron chi connectivity index (χ2n) is 11.7. The Morgan fingerprint density at radius 3 is 1.54 bits per heavy atom. The SMILES string of the molecule is C.C#Cc1ccccc1N.C[C@@H](NC/C=C/Br)c1cccc2ccccc12.C[C@@H](NC/C=C/C#Cc1ccccc1N)c1cccc2ccccc12. The van der Waals surface area contributed by atoms with E-state index in [0.29, 0.717) is 17.4 Å². The Bertz CT molecular complexity index is 2160. The summed E-state index contributed by atoms with van der Waals surface area (Å²) in [6.07, 6.45) is 11.1. The van der Waals surface area contributed by atoms with Crippen LogP contribution in [-0.2, 0) is 0 Å². The van der Waals surface area contributed by atoms with Crippen molar-refractivity contribution in [2.75, 3.05) is 24.6 Å². The third-order valence-corrected chi connectivity index (χ3v) is 8.61. The molecule has 0 unspecified atom stereocenters. The first-order chi connectivity index (χ1) is 24.9. The van der Waals surface area contributed by atoms with Gasteiger partial charge in [-0.3, -0.25) is 0 Å². The van der Waals surface area contributed by atoms with Gasteiger partial charge >= 0.3 is 0 Å². The molecule has 264 valence electrons. The minimum absolute atomic E-state index is 0. The van der Waals surface area contributed by atoms with Crippen LogP contribution in [0.1, 0.15) is 55.6 Å². The third-order valence-electron chi connectivity index (χ3n) is 8.24. The summed E-state index contributed by atoms with van der Waals surface area (Å²) < 4.78 is 0. The van der Waals surface area contributed by atoms with Crippen molar-refractivity contribution in [2.45, 2.75) is 33.4 Å². The number of fused-ring (bicyclic) bond motifs is 2. The number of nitrogen functional groups attached to an aromatic ring is 2. The molecule has 5 heteroatoms. The first-order valence-corrected chi connectivity index (χ1v) is 17.8. The topological polar surface area (TPSA) is 76.1 Å². The molecule has 6 aromatic rings. The van der Waals surface area contributed by atoms with Gasteiger partial charge in [0, 0.05) is 47.7 Å². The van der Waals surface area contributed by atoms with Gasteiger partial charge in [-0.15, -0.1) is 6.42 Å². The second-order valence-corrected chi connectivity index (χ2v) is 12.3. The van der Waals surface area contributed by atoms with Crippen LogP contribution in [-0.4, -0.2) is 13.1 Å². The number of nitrogens with one attached hydrogen (secondary N) is 2. The van der Waals surface area contributed by atoms with Gasteiger partial charge in [-0.25, -0.2) is 0 Å². The van der Waals surface area contributed by atoms with Crippen molar-refractivity contribution in [1.82, 2.24) is 10.6 Å². The smallest absolute Gasteiger partial charge is 0.0478 e. The number of benzene rings is 6. The van der Waals surface area contributed by atoms with Crippen LogP contribution >= 0.6 is 15.9 Å². The molecule has 52 heavy (non-hydrogen) atoms. The van der Waals surface area contributed by atoms with E-state index >= 15 is 0 Å². The Labute approximate surface area is 319 Å². The van der Waals surface area contributed by atoms with Crippen LogP contribution in [0.15, 0.2) is 157 Å². The number of hydrogen-bond donors (Lipinski definition) is 4. The normalized spacial score (nSPS) is 11.6. The zero-order chi connectivity index (χ0) is 36.3. The number of para-hydroxylation sites is 2. The van der Waals surface area contributed by atoms with E-state index in [9.17, 15) is 0 Å². The van der Waals surface area contributed by atoms with Crippen molar-refractivity contribution in [3.63, 3.8) is 0 Å². The maximum Gasteiger partial charge on any atom is 0.0478 e. The van der Waals surface area contributed by atoms with Gasteiger partial charge in [-0.1, -0.05) is 162 Å². The predicted molar refractivity (Wildman–Crippen MR) is 231 cm³/mol. The third kappa shape index (κ3) is 12.3. The van der Waals surface area contributed by atoms with E-state index in [-0.39, 0.29) is 13.5 Å². The fraction of sp³-hybridized carbons (Fsp3) is 0.149. The number of terminal acetylenes is 1. The van der Waals surface area contributed by atoms with Crippen molar-refractivity contribution >= 4 is 48.8 Å². The standard InChI is InChI=1S/C23H22N2.C15H16BrN.C8H7N.CH4/c1-18(21-15-9-13-19-10-4-6-14-22(19)21)25-17-8-2-3-11-20-12-5-7-16-23(20)24;1-12(17-11-5-10-16)14-9-4-7-13-6-2-3-8-15(13)14;1-2-7-5-3-4-6-8(7)9;/h2,4-10,12-16,18,25H,17,24H2,1H3;2-10,12,17H,11H2,1H3;1,3-6H,9H2;1H4/b8-2+;10-5+;;/t18-;12-;;/m11../s1. The molecule has 0 aliphatic carbocycles. The van der Waals surface area contributed by atoms with Gasteiger partial charge in [0.25, 0.3) is 0 Å². The van der Waals surface area contributed by atoms with Crippen LogP contribution in [0.4, 0.5) is 11.4 Å². The summed E-state index contributed by atoms with van der Waals surface area (Å²) in [6.45, 7) is 6.02. The zero-order valence-corrected chi connectivity index (χ0v) is 30.8. The van der Waals surface area contributed by atoms with Crippen molar-refractivity contribution in [1.29, 1.82) is 0 Å². The Kier molecular flexibility index (Phi) is 17.5. The number of nitrogens with two attached hydrogens (primary N) is 2. The molecule has 0 aliphatic rings. The maximum absolute atomic E-state index is 5.87. The van der Waals surface area contributed by atoms with E-state index in [1.54, 1.807) is 6.07 Å². The predicted octanol–water partition coefficient (Wildman–Crippen LogP) is 11.0. The largest absolute Gasteiger partial charge is 0.398 e. The van der Waals surface area contributed by atoms with Crippen molar-refractivity contribution < 1.29 is 0 Å². The lowest BCUT2D eigenvalue weighted by Gasteiger charge is -2.15. The average Bonchev–Trinajstić information content (AvgIpc) is 3.17. The summed E-state index contributed by atoms with van der Waals surface area (Å²) in [6, 6.07) is 45.5. The molecule has 0 saturated heterocycles. The number of halogens is 1. The van der Waals surface area contributed by atoms with Crippen molar-refractivity contribution in [2.24, 2.45) is 0 Å². The van der Waals surface area contributed by atoms with Crippen molar-refractivity contribution in [3.8, 4) is 24.2 Å². The van der Waals surface area contributed by atoms with E-state index < -0.39 is 0 Å². The van der Waals surface area contributed by atoms with Crippen molar-refractivity contribution in [3.05, 3.63) is 179 Å². The van der Waals surface area contributed by atoms with Gasteiger partial charge in [0.2, 0.25) is 0 Å². The molecular weight excluding hydrogens is 700 g/mol. The molecule has 0 amide bonds. The molecule has 0 fully saturated rings. The lowest BCUT2D eigenvalue weighted by molar-refractivity contribution is 0.621. The number of hydrogen-bond acceptors (Lipinski definition) is 4. The molecule has 0 saturated carbocycles. The molecule has 6 aromatic carbocycles. The molecule has 6 N–H and O–H groups in total. The highest BCUT2D eigenvalue weighted by molar-refractivity contribution is 9.11. The van der Waals surface area contributed by atoms with Gasteiger partial charge in [0.1, 0.15) is 0 Å². The molecule has 0 aromatic heterocycles. The Balaban J connectivity index is 0.000000233. The summed E-state index contributed by atoms with van der Waals surface area (Å²) in [5, 5.41) is 12.2.